The Bertz CT molecular complexity index is 488. The summed E-state index contributed by atoms with van der Waals surface area (Å²) >= 11 is 0. The van der Waals surface area contributed by atoms with Crippen molar-refractivity contribution in [2.45, 2.75) is 18.9 Å². The first-order valence-electron chi connectivity index (χ1n) is 6.81. The van der Waals surface area contributed by atoms with Crippen LogP contribution in [0.1, 0.15) is 18.1 Å². The van der Waals surface area contributed by atoms with Crippen LogP contribution in [-0.2, 0) is 26.3 Å². The van der Waals surface area contributed by atoms with E-state index in [1.165, 1.54) is 11.1 Å². The molecule has 2 aliphatic rings. The van der Waals surface area contributed by atoms with Gasteiger partial charge in [-0.25, -0.2) is 0 Å². The van der Waals surface area contributed by atoms with E-state index in [9.17, 15) is 4.79 Å². The first kappa shape index (κ1) is 12.6. The van der Waals surface area contributed by atoms with Crippen LogP contribution in [0.2, 0.25) is 0 Å². The number of fused-ring (bicyclic) bond motifs is 2. The molecule has 4 heteroatoms. The van der Waals surface area contributed by atoms with Gasteiger partial charge in [0.25, 0.3) is 0 Å². The molecule has 1 aromatic carbocycles. The molecule has 2 unspecified atom stereocenters. The average Bonchev–Trinajstić information content (AvgIpc) is 2.84. The molecule has 1 spiro atoms. The lowest BCUT2D eigenvalue weighted by Gasteiger charge is -2.38. The molecule has 3 rings (SSSR count). The molecule has 0 radical (unpaired) electrons. The Kier molecular flexibility index (Phi) is 3.29. The van der Waals surface area contributed by atoms with Crippen molar-refractivity contribution in [3.63, 3.8) is 0 Å². The molecular weight excluding hydrogens is 242 g/mol. The molecule has 1 saturated heterocycles. The van der Waals surface area contributed by atoms with Crippen LogP contribution in [0.5, 0.6) is 0 Å². The van der Waals surface area contributed by atoms with E-state index >= 15 is 0 Å². The van der Waals surface area contributed by atoms with Crippen molar-refractivity contribution in [3.05, 3.63) is 35.4 Å². The fourth-order valence-electron chi connectivity index (χ4n) is 3.30. The van der Waals surface area contributed by atoms with Crippen LogP contribution in [0.4, 0.5) is 0 Å². The molecule has 19 heavy (non-hydrogen) atoms. The number of benzene rings is 1. The van der Waals surface area contributed by atoms with Crippen LogP contribution in [0.3, 0.4) is 0 Å². The Morgan fingerprint density at radius 1 is 1.53 bits per heavy atom. The van der Waals surface area contributed by atoms with Gasteiger partial charge in [-0.15, -0.1) is 0 Å². The van der Waals surface area contributed by atoms with Gasteiger partial charge in [0, 0.05) is 18.5 Å². The smallest absolute Gasteiger partial charge is 0.311 e. The van der Waals surface area contributed by atoms with Crippen LogP contribution >= 0.6 is 0 Å². The number of rotatable bonds is 2. The molecule has 0 aromatic heterocycles. The Balaban J connectivity index is 2.01. The predicted octanol–water partition coefficient (Wildman–Crippen LogP) is 1.24. The maximum absolute atomic E-state index is 12.2. The average molecular weight is 261 g/mol. The number of ether oxygens (including phenoxy) is 2. The van der Waals surface area contributed by atoms with Gasteiger partial charge in [-0.1, -0.05) is 24.3 Å². The van der Waals surface area contributed by atoms with E-state index < -0.39 is 0 Å². The van der Waals surface area contributed by atoms with E-state index in [2.05, 4.69) is 17.4 Å². The summed E-state index contributed by atoms with van der Waals surface area (Å²) in [5, 5.41) is 3.33. The Morgan fingerprint density at radius 3 is 3.21 bits per heavy atom. The van der Waals surface area contributed by atoms with Gasteiger partial charge in [0.1, 0.15) is 0 Å². The van der Waals surface area contributed by atoms with E-state index in [4.69, 9.17) is 9.47 Å². The highest BCUT2D eigenvalue weighted by Gasteiger charge is 2.51. The quantitative estimate of drug-likeness (QED) is 0.814. The molecule has 1 N–H and O–H groups in total. The standard InChI is InChI=1S/C15H19NO3/c1-2-19-14(17)13-7-16-9-15(13)10-18-8-11-5-3-4-6-12(11)15/h3-6,13,16H,2,7-10H2,1H3. The van der Waals surface area contributed by atoms with Gasteiger partial charge in [-0.2, -0.15) is 0 Å². The van der Waals surface area contributed by atoms with Crippen molar-refractivity contribution in [2.24, 2.45) is 5.92 Å². The highest BCUT2D eigenvalue weighted by molar-refractivity contribution is 5.76. The lowest BCUT2D eigenvalue weighted by Crippen LogP contribution is -2.46. The van der Waals surface area contributed by atoms with E-state index in [1.807, 2.05) is 19.1 Å². The summed E-state index contributed by atoms with van der Waals surface area (Å²) in [5.41, 5.74) is 2.16. The number of hydrogen-bond donors (Lipinski definition) is 1. The molecule has 0 aliphatic carbocycles. The van der Waals surface area contributed by atoms with Gasteiger partial charge in [0.15, 0.2) is 0 Å². The molecule has 2 aliphatic heterocycles. The first-order valence-corrected chi connectivity index (χ1v) is 6.81. The largest absolute Gasteiger partial charge is 0.466 e. The zero-order valence-electron chi connectivity index (χ0n) is 11.1. The fourth-order valence-corrected chi connectivity index (χ4v) is 3.30. The van der Waals surface area contributed by atoms with Crippen LogP contribution in [-0.4, -0.2) is 32.3 Å². The minimum atomic E-state index is -0.263. The lowest BCUT2D eigenvalue weighted by atomic mass is 9.70. The van der Waals surface area contributed by atoms with Crippen molar-refractivity contribution in [1.82, 2.24) is 5.32 Å². The molecule has 2 atom stereocenters. The predicted molar refractivity (Wildman–Crippen MR) is 70.8 cm³/mol. The maximum Gasteiger partial charge on any atom is 0.311 e. The number of nitrogens with one attached hydrogen (secondary N) is 1. The normalized spacial score (nSPS) is 29.2. The number of hydrogen-bond acceptors (Lipinski definition) is 4. The zero-order valence-corrected chi connectivity index (χ0v) is 11.1. The highest BCUT2D eigenvalue weighted by atomic mass is 16.5. The number of carbonyl (C=O) groups excluding carboxylic acids is 1. The number of esters is 1. The molecule has 0 saturated carbocycles. The first-order chi connectivity index (χ1) is 9.28. The van der Waals surface area contributed by atoms with Crippen molar-refractivity contribution in [1.29, 1.82) is 0 Å². The van der Waals surface area contributed by atoms with Crippen molar-refractivity contribution < 1.29 is 14.3 Å². The second kappa shape index (κ2) is 4.94. The Labute approximate surface area is 113 Å². The molecule has 102 valence electrons. The molecule has 2 heterocycles. The fraction of sp³-hybridized carbons (Fsp3) is 0.533. The van der Waals surface area contributed by atoms with E-state index in [1.54, 1.807) is 0 Å². The van der Waals surface area contributed by atoms with Gasteiger partial charge in [-0.3, -0.25) is 4.79 Å². The summed E-state index contributed by atoms with van der Waals surface area (Å²) in [4.78, 5) is 12.2. The summed E-state index contributed by atoms with van der Waals surface area (Å²) in [6.45, 7) is 4.92. The third-order valence-electron chi connectivity index (χ3n) is 4.20. The summed E-state index contributed by atoms with van der Waals surface area (Å²) in [6.07, 6.45) is 0. The minimum Gasteiger partial charge on any atom is -0.466 e. The molecule has 0 bridgehead atoms. The second-order valence-electron chi connectivity index (χ2n) is 5.24. The van der Waals surface area contributed by atoms with Gasteiger partial charge >= 0.3 is 5.97 Å². The van der Waals surface area contributed by atoms with Crippen LogP contribution in [0, 0.1) is 5.92 Å². The van der Waals surface area contributed by atoms with Gasteiger partial charge in [0.05, 0.1) is 25.7 Å². The molecule has 1 fully saturated rings. The monoisotopic (exact) mass is 261 g/mol. The van der Waals surface area contributed by atoms with Crippen LogP contribution in [0.15, 0.2) is 24.3 Å². The van der Waals surface area contributed by atoms with Crippen molar-refractivity contribution in [3.8, 4) is 0 Å². The maximum atomic E-state index is 12.2. The third kappa shape index (κ3) is 1.95. The zero-order chi connectivity index (χ0) is 13.3. The summed E-state index contributed by atoms with van der Waals surface area (Å²) in [6, 6.07) is 8.25. The molecule has 4 nitrogen and oxygen atoms in total. The van der Waals surface area contributed by atoms with Gasteiger partial charge in [-0.05, 0) is 18.1 Å². The SMILES string of the molecule is CCOC(=O)C1CNCC12COCc1ccccc12. The van der Waals surface area contributed by atoms with Crippen LogP contribution < -0.4 is 5.32 Å². The Hall–Kier alpha value is -1.39. The minimum absolute atomic E-state index is 0.118. The Morgan fingerprint density at radius 2 is 2.37 bits per heavy atom. The third-order valence-corrected chi connectivity index (χ3v) is 4.20. The molecule has 1 aromatic rings. The lowest BCUT2D eigenvalue weighted by molar-refractivity contribution is -0.150. The second-order valence-corrected chi connectivity index (χ2v) is 5.24. The molecule has 0 amide bonds. The van der Waals surface area contributed by atoms with Crippen molar-refractivity contribution in [2.75, 3.05) is 26.3 Å². The van der Waals surface area contributed by atoms with E-state index in [-0.39, 0.29) is 17.3 Å². The van der Waals surface area contributed by atoms with Gasteiger partial charge < -0.3 is 14.8 Å². The summed E-state index contributed by atoms with van der Waals surface area (Å²) in [5.74, 6) is -0.276. The van der Waals surface area contributed by atoms with E-state index in [0.717, 1.165) is 6.54 Å². The highest BCUT2D eigenvalue weighted by Crippen LogP contribution is 2.41. The van der Waals surface area contributed by atoms with Crippen LogP contribution in [0.25, 0.3) is 0 Å². The summed E-state index contributed by atoms with van der Waals surface area (Å²) in [7, 11) is 0. The number of carbonyl (C=O) groups is 1. The molecular formula is C15H19NO3. The van der Waals surface area contributed by atoms with E-state index in [0.29, 0.717) is 26.4 Å². The van der Waals surface area contributed by atoms with Crippen molar-refractivity contribution >= 4 is 5.97 Å². The topological polar surface area (TPSA) is 47.6 Å². The summed E-state index contributed by atoms with van der Waals surface area (Å²) < 4.78 is 11.0. The van der Waals surface area contributed by atoms with Gasteiger partial charge in [0.2, 0.25) is 0 Å².